The van der Waals surface area contributed by atoms with Crippen LogP contribution in [-0.4, -0.2) is 35.6 Å². The van der Waals surface area contributed by atoms with E-state index in [2.05, 4.69) is 11.3 Å². The van der Waals surface area contributed by atoms with Crippen molar-refractivity contribution < 1.29 is 41.0 Å². The predicted octanol–water partition coefficient (Wildman–Crippen LogP) is 2.99. The number of hydrogen-bond acceptors (Lipinski definition) is 3. The van der Waals surface area contributed by atoms with Crippen molar-refractivity contribution in [1.29, 1.82) is 0 Å². The molecule has 0 aliphatic rings. The molecule has 0 saturated carbocycles. The first-order valence-corrected chi connectivity index (χ1v) is 5.48. The van der Waals surface area contributed by atoms with E-state index in [1.165, 1.54) is 0 Å². The van der Waals surface area contributed by atoms with E-state index >= 15 is 0 Å². The second-order valence-corrected chi connectivity index (χ2v) is 4.54. The summed E-state index contributed by atoms with van der Waals surface area (Å²) in [5.41, 5.74) is -0.850. The minimum atomic E-state index is -5.79. The highest BCUT2D eigenvalue weighted by atomic mass is 19.4. The van der Waals surface area contributed by atoms with Crippen LogP contribution in [0.3, 0.4) is 0 Å². The first kappa shape index (κ1) is 18.8. The summed E-state index contributed by atoms with van der Waals surface area (Å²) in [6.45, 7) is 6.24. The second-order valence-electron chi connectivity index (χ2n) is 4.54. The Hall–Kier alpha value is -1.25. The zero-order valence-electron chi connectivity index (χ0n) is 10.7. The van der Waals surface area contributed by atoms with Gasteiger partial charge in [0, 0.05) is 0 Å². The van der Waals surface area contributed by atoms with E-state index in [0.29, 0.717) is 0 Å². The second kappa shape index (κ2) is 6.47. The van der Waals surface area contributed by atoms with Crippen molar-refractivity contribution in [3.05, 3.63) is 12.2 Å². The number of aliphatic hydroxyl groups is 1. The molecule has 118 valence electrons. The molecular formula is C11H14F6O3. The van der Waals surface area contributed by atoms with Crippen molar-refractivity contribution in [1.82, 2.24) is 0 Å². The number of halogens is 6. The van der Waals surface area contributed by atoms with Gasteiger partial charge in [-0.25, -0.2) is 4.79 Å². The number of carbonyl (C=O) groups is 1. The van der Waals surface area contributed by atoms with Crippen LogP contribution in [0.2, 0.25) is 0 Å². The topological polar surface area (TPSA) is 46.5 Å². The largest absolute Gasteiger partial charge is 0.439 e. The average molecular weight is 308 g/mol. The highest BCUT2D eigenvalue weighted by Crippen LogP contribution is 2.36. The predicted molar refractivity (Wildman–Crippen MR) is 56.6 cm³/mol. The van der Waals surface area contributed by atoms with Gasteiger partial charge in [0.05, 0.1) is 11.7 Å². The number of ether oxygens (including phenoxy) is 1. The number of rotatable bonds is 5. The van der Waals surface area contributed by atoms with Crippen molar-refractivity contribution in [3.8, 4) is 0 Å². The first-order valence-electron chi connectivity index (χ1n) is 5.48. The Labute approximate surface area is 111 Å². The number of esters is 1. The third kappa shape index (κ3) is 5.81. The Balaban J connectivity index is 4.91. The van der Waals surface area contributed by atoms with Gasteiger partial charge in [-0.2, -0.15) is 26.3 Å². The molecular weight excluding hydrogens is 294 g/mol. The molecule has 0 aromatic carbocycles. The van der Waals surface area contributed by atoms with Gasteiger partial charge in [0.15, 0.2) is 0 Å². The summed E-state index contributed by atoms with van der Waals surface area (Å²) in [6, 6.07) is 0. The summed E-state index contributed by atoms with van der Waals surface area (Å²) < 4.78 is 76.4. The van der Waals surface area contributed by atoms with Gasteiger partial charge in [0.2, 0.25) is 0 Å². The highest BCUT2D eigenvalue weighted by molar-refractivity contribution is 5.89. The lowest BCUT2D eigenvalue weighted by Gasteiger charge is -2.24. The van der Waals surface area contributed by atoms with Crippen molar-refractivity contribution in [2.45, 2.75) is 44.8 Å². The van der Waals surface area contributed by atoms with Gasteiger partial charge in [0.25, 0.3) is 6.10 Å². The molecule has 0 amide bonds. The number of carbonyl (C=O) groups excluding carboxylic acids is 1. The van der Waals surface area contributed by atoms with Crippen LogP contribution in [0.1, 0.15) is 20.3 Å². The first-order chi connectivity index (χ1) is 8.76. The molecule has 0 fully saturated rings. The van der Waals surface area contributed by atoms with E-state index in [-0.39, 0.29) is 12.3 Å². The van der Waals surface area contributed by atoms with Crippen LogP contribution in [0, 0.1) is 5.92 Å². The van der Waals surface area contributed by atoms with Gasteiger partial charge in [-0.15, -0.1) is 0 Å². The molecule has 0 aliphatic carbocycles. The quantitative estimate of drug-likeness (QED) is 0.482. The number of hydrogen-bond donors (Lipinski definition) is 1. The average Bonchev–Trinajstić information content (AvgIpc) is 2.20. The highest BCUT2D eigenvalue weighted by Gasteiger charge is 2.60. The van der Waals surface area contributed by atoms with E-state index in [9.17, 15) is 36.2 Å². The fourth-order valence-electron chi connectivity index (χ4n) is 1.23. The molecule has 1 atom stereocenters. The Morgan fingerprint density at radius 3 is 1.85 bits per heavy atom. The molecule has 0 aromatic heterocycles. The van der Waals surface area contributed by atoms with E-state index in [1.54, 1.807) is 13.8 Å². The summed E-state index contributed by atoms with van der Waals surface area (Å²) in [7, 11) is 0. The van der Waals surface area contributed by atoms with Gasteiger partial charge in [-0.3, -0.25) is 0 Å². The molecule has 0 saturated heterocycles. The fourth-order valence-corrected chi connectivity index (χ4v) is 1.23. The van der Waals surface area contributed by atoms with Crippen LogP contribution < -0.4 is 0 Å². The van der Waals surface area contributed by atoms with E-state index in [0.717, 1.165) is 0 Å². The van der Waals surface area contributed by atoms with Gasteiger partial charge in [-0.05, 0) is 12.3 Å². The van der Waals surface area contributed by atoms with Crippen LogP contribution in [-0.2, 0) is 9.53 Å². The van der Waals surface area contributed by atoms with Crippen LogP contribution in [0.15, 0.2) is 12.2 Å². The Morgan fingerprint density at radius 1 is 1.15 bits per heavy atom. The molecule has 0 aliphatic heterocycles. The molecule has 0 rings (SSSR count). The SMILES string of the molecule is C=C(C(=O)OC(C(F)(F)F)C(F)(F)F)[C@H](O)CC(C)C. The minimum Gasteiger partial charge on any atom is -0.439 e. The standard InChI is InChI=1S/C11H14F6O3/c1-5(2)4-7(18)6(3)8(19)20-9(10(12,13)14)11(15,16)17/h5,7,9,18H,3-4H2,1-2H3/t7-/m1/s1. The summed E-state index contributed by atoms with van der Waals surface area (Å²) in [5.74, 6) is -2.08. The normalized spacial score (nSPS) is 14.6. The molecule has 0 bridgehead atoms. The fraction of sp³-hybridized carbons (Fsp3) is 0.727. The summed E-state index contributed by atoms with van der Waals surface area (Å²) in [6.07, 6.45) is -17.4. The van der Waals surface area contributed by atoms with Gasteiger partial charge in [-0.1, -0.05) is 20.4 Å². The van der Waals surface area contributed by atoms with Crippen LogP contribution in [0.4, 0.5) is 26.3 Å². The molecule has 0 aromatic rings. The van der Waals surface area contributed by atoms with E-state index in [4.69, 9.17) is 0 Å². The van der Waals surface area contributed by atoms with E-state index < -0.39 is 36.1 Å². The summed E-state index contributed by atoms with van der Waals surface area (Å²) in [5, 5.41) is 9.41. The zero-order chi connectivity index (χ0) is 16.3. The molecule has 20 heavy (non-hydrogen) atoms. The Bertz CT molecular complexity index is 344. The lowest BCUT2D eigenvalue weighted by molar-refractivity contribution is -0.312. The molecule has 9 heteroatoms. The zero-order valence-corrected chi connectivity index (χ0v) is 10.7. The van der Waals surface area contributed by atoms with Crippen LogP contribution >= 0.6 is 0 Å². The Morgan fingerprint density at radius 2 is 1.55 bits per heavy atom. The van der Waals surface area contributed by atoms with Crippen LogP contribution in [0.25, 0.3) is 0 Å². The maximum absolute atomic E-state index is 12.2. The maximum atomic E-state index is 12.2. The lowest BCUT2D eigenvalue weighted by atomic mass is 10.0. The van der Waals surface area contributed by atoms with Crippen LogP contribution in [0.5, 0.6) is 0 Å². The number of aliphatic hydroxyl groups excluding tert-OH is 1. The number of alkyl halides is 6. The van der Waals surface area contributed by atoms with Gasteiger partial charge < -0.3 is 9.84 Å². The summed E-state index contributed by atoms with van der Waals surface area (Å²) in [4.78, 5) is 11.2. The van der Waals surface area contributed by atoms with Crippen molar-refractivity contribution in [2.75, 3.05) is 0 Å². The van der Waals surface area contributed by atoms with Crippen molar-refractivity contribution >= 4 is 5.97 Å². The minimum absolute atomic E-state index is 0.0450. The molecule has 0 spiro atoms. The third-order valence-corrected chi connectivity index (χ3v) is 2.18. The molecule has 0 heterocycles. The molecule has 0 radical (unpaired) electrons. The summed E-state index contributed by atoms with van der Waals surface area (Å²) >= 11 is 0. The monoisotopic (exact) mass is 308 g/mol. The van der Waals surface area contributed by atoms with E-state index in [1.807, 2.05) is 0 Å². The smallest absolute Gasteiger partial charge is 0.434 e. The van der Waals surface area contributed by atoms with Gasteiger partial charge >= 0.3 is 18.3 Å². The lowest BCUT2D eigenvalue weighted by Crippen LogP contribution is -2.46. The van der Waals surface area contributed by atoms with Crippen molar-refractivity contribution in [2.24, 2.45) is 5.92 Å². The Kier molecular flexibility index (Phi) is 6.06. The molecule has 1 N–H and O–H groups in total. The van der Waals surface area contributed by atoms with Crippen molar-refractivity contribution in [3.63, 3.8) is 0 Å². The molecule has 3 nitrogen and oxygen atoms in total. The van der Waals surface area contributed by atoms with Gasteiger partial charge in [0.1, 0.15) is 0 Å². The maximum Gasteiger partial charge on any atom is 0.434 e. The molecule has 0 unspecified atom stereocenters. The third-order valence-electron chi connectivity index (χ3n) is 2.18.